The molecule has 198 valence electrons. The Hall–Kier alpha value is -2.44. The minimum absolute atomic E-state index is 0.400. The van der Waals surface area contributed by atoms with Crippen LogP contribution in [0.3, 0.4) is 0 Å². The molecule has 0 radical (unpaired) electrons. The summed E-state index contributed by atoms with van der Waals surface area (Å²) in [5, 5.41) is 17.3. The number of nitrogens with zero attached hydrogens (tertiary/aromatic N) is 4. The lowest BCUT2D eigenvalue weighted by Crippen LogP contribution is -2.51. The van der Waals surface area contributed by atoms with Gasteiger partial charge in [0.25, 0.3) is 0 Å². The minimum Gasteiger partial charge on any atom is -0.381 e. The van der Waals surface area contributed by atoms with Crippen molar-refractivity contribution >= 4 is 23.2 Å². The van der Waals surface area contributed by atoms with Gasteiger partial charge in [-0.15, -0.1) is 0 Å². The van der Waals surface area contributed by atoms with Gasteiger partial charge in [0, 0.05) is 56.2 Å². The maximum absolute atomic E-state index is 9.74. The summed E-state index contributed by atoms with van der Waals surface area (Å²) in [5.74, 6) is 1.56. The average molecular weight is 525 g/mol. The highest BCUT2D eigenvalue weighted by molar-refractivity contribution is 6.33. The molecule has 0 amide bonds. The smallest absolute Gasteiger partial charge is 0.126 e. The first-order valence-corrected chi connectivity index (χ1v) is 13.9. The number of nitrogens with one attached hydrogen (secondary N) is 2. The Balaban J connectivity index is 1.21. The number of halogens is 1. The van der Waals surface area contributed by atoms with Gasteiger partial charge in [0.05, 0.1) is 35.4 Å². The Bertz CT molecular complexity index is 1090. The second-order valence-corrected chi connectivity index (χ2v) is 11.0. The summed E-state index contributed by atoms with van der Waals surface area (Å²) >= 11 is 6.56. The number of morpholine rings is 1. The lowest BCUT2D eigenvalue weighted by Gasteiger charge is -2.42. The van der Waals surface area contributed by atoms with Gasteiger partial charge in [-0.1, -0.05) is 17.7 Å². The lowest BCUT2D eigenvalue weighted by atomic mass is 9.82. The van der Waals surface area contributed by atoms with Crippen molar-refractivity contribution < 1.29 is 9.47 Å². The Morgan fingerprint density at radius 3 is 2.70 bits per heavy atom. The van der Waals surface area contributed by atoms with Gasteiger partial charge >= 0.3 is 0 Å². The summed E-state index contributed by atoms with van der Waals surface area (Å²) < 4.78 is 11.1. The molecule has 1 aliphatic carbocycles. The molecule has 0 aromatic carbocycles. The Morgan fingerprint density at radius 1 is 1.14 bits per heavy atom. The molecule has 4 heterocycles. The molecular weight excluding hydrogens is 488 g/mol. The molecule has 9 heteroatoms. The number of hydrogen-bond donors (Lipinski definition) is 2. The standard InChI is InChI=1S/C28H37ClN6O2/c1-20-17-37-14-11-35(20)22-7-5-21(6-8-22)33-27-15-23(24(29)16-31-27)25-3-2-4-26(34-25)32-19-28(18-30)9-12-36-13-10-28/h2-4,15-16,20-22H,5-14,17,19H2,1H3,(H,31,33)(H,32,34)/t20-,21?,22?/m0/s1. The molecule has 2 aromatic heterocycles. The summed E-state index contributed by atoms with van der Waals surface area (Å²) in [6.07, 6.45) is 7.79. The Kier molecular flexibility index (Phi) is 8.46. The number of rotatable bonds is 7. The molecule has 0 unspecified atom stereocenters. The number of ether oxygens (including phenoxy) is 2. The normalized spacial score (nSPS) is 26.2. The molecule has 8 nitrogen and oxygen atoms in total. The number of nitriles is 1. The van der Waals surface area contributed by atoms with Crippen molar-refractivity contribution in [2.45, 2.75) is 63.6 Å². The molecule has 2 N–H and O–H groups in total. The van der Waals surface area contributed by atoms with Gasteiger partial charge in [-0.2, -0.15) is 5.26 Å². The molecule has 3 aliphatic rings. The summed E-state index contributed by atoms with van der Waals surface area (Å²) in [6.45, 7) is 6.80. The molecule has 0 spiro atoms. The molecule has 1 saturated carbocycles. The van der Waals surface area contributed by atoms with Crippen molar-refractivity contribution in [3.63, 3.8) is 0 Å². The van der Waals surface area contributed by atoms with Gasteiger partial charge < -0.3 is 20.1 Å². The van der Waals surface area contributed by atoms with Crippen LogP contribution in [0, 0.1) is 16.7 Å². The van der Waals surface area contributed by atoms with Gasteiger partial charge in [-0.05, 0) is 63.6 Å². The zero-order chi connectivity index (χ0) is 25.7. The van der Waals surface area contributed by atoms with Crippen LogP contribution in [0.1, 0.15) is 45.4 Å². The topological polar surface area (TPSA) is 95.3 Å². The van der Waals surface area contributed by atoms with Gasteiger partial charge in [0.2, 0.25) is 0 Å². The monoisotopic (exact) mass is 524 g/mol. The van der Waals surface area contributed by atoms with E-state index in [0.717, 1.165) is 68.3 Å². The third-order valence-corrected chi connectivity index (χ3v) is 8.41. The van der Waals surface area contributed by atoms with Crippen LogP contribution in [0.25, 0.3) is 11.3 Å². The van der Waals surface area contributed by atoms with E-state index in [1.807, 2.05) is 24.3 Å². The van der Waals surface area contributed by atoms with Gasteiger partial charge in [0.1, 0.15) is 11.6 Å². The zero-order valence-corrected chi connectivity index (χ0v) is 22.3. The summed E-state index contributed by atoms with van der Waals surface area (Å²) in [4.78, 5) is 12.0. The van der Waals surface area contributed by atoms with Crippen LogP contribution in [0.2, 0.25) is 5.02 Å². The second-order valence-electron chi connectivity index (χ2n) is 10.6. The van der Waals surface area contributed by atoms with Crippen molar-refractivity contribution in [1.29, 1.82) is 5.26 Å². The van der Waals surface area contributed by atoms with E-state index in [1.165, 1.54) is 12.8 Å². The summed E-state index contributed by atoms with van der Waals surface area (Å²) in [7, 11) is 0. The Morgan fingerprint density at radius 2 is 1.95 bits per heavy atom. The lowest BCUT2D eigenvalue weighted by molar-refractivity contribution is -0.0296. The summed E-state index contributed by atoms with van der Waals surface area (Å²) in [5.41, 5.74) is 1.21. The van der Waals surface area contributed by atoms with Crippen LogP contribution in [0.4, 0.5) is 11.6 Å². The SMILES string of the molecule is C[C@H]1COCCN1C1CCC(Nc2cc(-c3cccc(NCC4(C#N)CCOCC4)n3)c(Cl)cn2)CC1. The van der Waals surface area contributed by atoms with Crippen LogP contribution in [0.15, 0.2) is 30.5 Å². The first kappa shape index (κ1) is 26.2. The predicted molar refractivity (Wildman–Crippen MR) is 146 cm³/mol. The highest BCUT2D eigenvalue weighted by atomic mass is 35.5. The third-order valence-electron chi connectivity index (χ3n) is 8.11. The van der Waals surface area contributed by atoms with Crippen LogP contribution < -0.4 is 10.6 Å². The van der Waals surface area contributed by atoms with Crippen LogP contribution >= 0.6 is 11.6 Å². The van der Waals surface area contributed by atoms with Crippen LogP contribution in [0.5, 0.6) is 0 Å². The van der Waals surface area contributed by atoms with Crippen LogP contribution in [-0.4, -0.2) is 72.5 Å². The first-order valence-electron chi connectivity index (χ1n) is 13.5. The van der Waals surface area contributed by atoms with Gasteiger partial charge in [-0.3, -0.25) is 4.90 Å². The molecular formula is C28H37ClN6O2. The molecule has 2 aliphatic heterocycles. The highest BCUT2D eigenvalue weighted by Gasteiger charge is 2.33. The van der Waals surface area contributed by atoms with Crippen molar-refractivity contribution in [3.8, 4) is 17.3 Å². The van der Waals surface area contributed by atoms with Crippen LogP contribution in [-0.2, 0) is 9.47 Å². The largest absolute Gasteiger partial charge is 0.381 e. The molecule has 37 heavy (non-hydrogen) atoms. The first-order chi connectivity index (χ1) is 18.0. The summed E-state index contributed by atoms with van der Waals surface area (Å²) in [6, 6.07) is 11.9. The fourth-order valence-electron chi connectivity index (χ4n) is 5.79. The van der Waals surface area contributed by atoms with E-state index in [0.29, 0.717) is 42.9 Å². The van der Waals surface area contributed by atoms with E-state index in [-0.39, 0.29) is 0 Å². The van der Waals surface area contributed by atoms with E-state index in [9.17, 15) is 5.26 Å². The number of pyridine rings is 2. The van der Waals surface area contributed by atoms with E-state index in [4.69, 9.17) is 26.1 Å². The van der Waals surface area contributed by atoms with Gasteiger partial charge in [0.15, 0.2) is 0 Å². The maximum Gasteiger partial charge on any atom is 0.126 e. The zero-order valence-electron chi connectivity index (χ0n) is 21.6. The van der Waals surface area contributed by atoms with E-state index in [1.54, 1.807) is 6.20 Å². The molecule has 2 aromatic rings. The molecule has 3 fully saturated rings. The van der Waals surface area contributed by atoms with Crippen molar-refractivity contribution in [2.24, 2.45) is 5.41 Å². The van der Waals surface area contributed by atoms with E-state index >= 15 is 0 Å². The van der Waals surface area contributed by atoms with E-state index in [2.05, 4.69) is 33.5 Å². The average Bonchev–Trinajstić information content (AvgIpc) is 2.94. The minimum atomic E-state index is -0.417. The van der Waals surface area contributed by atoms with Crippen molar-refractivity contribution in [2.75, 3.05) is 50.2 Å². The maximum atomic E-state index is 9.74. The van der Waals surface area contributed by atoms with E-state index < -0.39 is 5.41 Å². The fraction of sp³-hybridized carbons (Fsp3) is 0.607. The molecule has 5 rings (SSSR count). The number of hydrogen-bond acceptors (Lipinski definition) is 8. The molecule has 2 saturated heterocycles. The van der Waals surface area contributed by atoms with Crippen molar-refractivity contribution in [1.82, 2.24) is 14.9 Å². The number of anilines is 2. The quantitative estimate of drug-likeness (QED) is 0.524. The fourth-order valence-corrected chi connectivity index (χ4v) is 5.99. The van der Waals surface area contributed by atoms with Crippen molar-refractivity contribution in [3.05, 3.63) is 35.5 Å². The van der Waals surface area contributed by atoms with Gasteiger partial charge in [-0.25, -0.2) is 9.97 Å². The number of aromatic nitrogens is 2. The predicted octanol–water partition coefficient (Wildman–Crippen LogP) is 4.97. The third kappa shape index (κ3) is 6.35. The highest BCUT2D eigenvalue weighted by Crippen LogP contribution is 2.33. The molecule has 1 atom stereocenters. The second kappa shape index (κ2) is 12.0. The Labute approximate surface area is 224 Å². The molecule has 0 bridgehead atoms.